The molecule has 0 radical (unpaired) electrons. The molecule has 1 atom stereocenters. The Morgan fingerprint density at radius 2 is 1.66 bits per heavy atom. The van der Waals surface area contributed by atoms with E-state index in [4.69, 9.17) is 14.2 Å². The smallest absolute Gasteiger partial charge is 0.225 e. The summed E-state index contributed by atoms with van der Waals surface area (Å²) in [5.74, 6) is 1.49. The van der Waals surface area contributed by atoms with Crippen LogP contribution in [0.15, 0.2) is 53.9 Å². The number of aryl methyl sites for hydroxylation is 1. The Morgan fingerprint density at radius 1 is 1.00 bits per heavy atom. The van der Waals surface area contributed by atoms with E-state index in [1.807, 2.05) is 24.4 Å². The van der Waals surface area contributed by atoms with E-state index in [0.29, 0.717) is 17.2 Å². The topological polar surface area (TPSA) is 56.8 Å². The molecule has 1 aromatic heterocycles. The normalized spacial score (nSPS) is 11.6. The highest BCUT2D eigenvalue weighted by molar-refractivity contribution is 7.10. The Kier molecular flexibility index (Phi) is 6.77. The molecular formula is C23H25NO4S. The van der Waals surface area contributed by atoms with Crippen LogP contribution in [0.2, 0.25) is 0 Å². The Bertz CT molecular complexity index is 927. The molecular weight excluding hydrogens is 386 g/mol. The van der Waals surface area contributed by atoms with Gasteiger partial charge < -0.3 is 19.5 Å². The molecule has 0 aliphatic heterocycles. The molecule has 3 aromatic rings. The van der Waals surface area contributed by atoms with Crippen LogP contribution in [0, 0.1) is 6.92 Å². The minimum atomic E-state index is -0.190. The van der Waals surface area contributed by atoms with E-state index in [2.05, 4.69) is 29.6 Å². The molecule has 1 amide bonds. The van der Waals surface area contributed by atoms with Crippen LogP contribution in [-0.2, 0) is 11.2 Å². The molecule has 1 heterocycles. The Hall–Kier alpha value is -2.99. The van der Waals surface area contributed by atoms with Crippen molar-refractivity contribution in [3.8, 4) is 17.2 Å². The second kappa shape index (κ2) is 9.47. The number of thiophene rings is 1. The first-order valence-electron chi connectivity index (χ1n) is 9.24. The van der Waals surface area contributed by atoms with Gasteiger partial charge in [0.1, 0.15) is 0 Å². The van der Waals surface area contributed by atoms with Gasteiger partial charge in [-0.1, -0.05) is 35.9 Å². The minimum Gasteiger partial charge on any atom is -0.493 e. The maximum Gasteiger partial charge on any atom is 0.225 e. The quantitative estimate of drug-likeness (QED) is 0.592. The number of benzene rings is 2. The largest absolute Gasteiger partial charge is 0.493 e. The monoisotopic (exact) mass is 411 g/mol. The molecule has 0 spiro atoms. The lowest BCUT2D eigenvalue weighted by atomic mass is 10.0. The van der Waals surface area contributed by atoms with Crippen LogP contribution >= 0.6 is 11.3 Å². The first-order valence-corrected chi connectivity index (χ1v) is 10.1. The summed E-state index contributed by atoms with van der Waals surface area (Å²) in [5.41, 5.74) is 3.02. The summed E-state index contributed by atoms with van der Waals surface area (Å²) in [6.45, 7) is 2.05. The average Bonchev–Trinajstić information content (AvgIpc) is 3.26. The number of methoxy groups -OCH3 is 3. The van der Waals surface area contributed by atoms with E-state index in [1.54, 1.807) is 44.8 Å². The van der Waals surface area contributed by atoms with Crippen molar-refractivity contribution in [3.05, 3.63) is 75.5 Å². The maximum atomic E-state index is 12.9. The number of hydrogen-bond donors (Lipinski definition) is 1. The molecule has 1 N–H and O–H groups in total. The molecule has 2 aromatic carbocycles. The van der Waals surface area contributed by atoms with Crippen molar-refractivity contribution in [3.63, 3.8) is 0 Å². The van der Waals surface area contributed by atoms with Crippen LogP contribution in [0.3, 0.4) is 0 Å². The highest BCUT2D eigenvalue weighted by Gasteiger charge is 2.20. The summed E-state index contributed by atoms with van der Waals surface area (Å²) in [4.78, 5) is 14.0. The molecule has 3 rings (SSSR count). The SMILES string of the molecule is COc1cc(CC(=O)N[C@@H](c2ccc(C)cc2)c2cccs2)cc(OC)c1OC. The highest BCUT2D eigenvalue weighted by atomic mass is 32.1. The zero-order valence-corrected chi connectivity index (χ0v) is 17.8. The fourth-order valence-corrected chi connectivity index (χ4v) is 3.97. The number of ether oxygens (including phenoxy) is 3. The van der Waals surface area contributed by atoms with Crippen LogP contribution in [0.1, 0.15) is 27.6 Å². The third-order valence-electron chi connectivity index (χ3n) is 4.63. The van der Waals surface area contributed by atoms with E-state index in [0.717, 1.165) is 16.0 Å². The number of rotatable bonds is 8. The van der Waals surface area contributed by atoms with Crippen molar-refractivity contribution >= 4 is 17.2 Å². The zero-order chi connectivity index (χ0) is 20.8. The third kappa shape index (κ3) is 4.90. The average molecular weight is 412 g/mol. The Labute approximate surface area is 175 Å². The number of amides is 1. The fraction of sp³-hybridized carbons (Fsp3) is 0.261. The standard InChI is InChI=1S/C23H25NO4S/c1-15-7-9-17(10-8-15)22(20-6-5-11-29-20)24-21(25)14-16-12-18(26-2)23(28-4)19(13-16)27-3/h5-13,22H,14H2,1-4H3,(H,24,25)/t22-/m0/s1. The molecule has 0 unspecified atom stereocenters. The Balaban J connectivity index is 1.83. The molecule has 0 saturated carbocycles. The minimum absolute atomic E-state index is 0.0850. The predicted octanol–water partition coefficient (Wildman–Crippen LogP) is 4.53. The lowest BCUT2D eigenvalue weighted by Crippen LogP contribution is -2.30. The maximum absolute atomic E-state index is 12.9. The first kappa shape index (κ1) is 20.7. The Morgan fingerprint density at radius 3 is 2.17 bits per heavy atom. The van der Waals surface area contributed by atoms with Crippen molar-refractivity contribution in [2.75, 3.05) is 21.3 Å². The van der Waals surface area contributed by atoms with Crippen LogP contribution in [0.5, 0.6) is 17.2 Å². The number of carbonyl (C=O) groups is 1. The molecule has 0 aliphatic carbocycles. The van der Waals surface area contributed by atoms with Gasteiger partial charge in [0.05, 0.1) is 33.8 Å². The second-order valence-electron chi connectivity index (χ2n) is 6.64. The summed E-state index contributed by atoms with van der Waals surface area (Å²) < 4.78 is 16.1. The van der Waals surface area contributed by atoms with Crippen molar-refractivity contribution in [1.29, 1.82) is 0 Å². The number of carbonyl (C=O) groups excluding carboxylic acids is 1. The lowest BCUT2D eigenvalue weighted by molar-refractivity contribution is -0.120. The molecule has 0 bridgehead atoms. The third-order valence-corrected chi connectivity index (χ3v) is 5.57. The van der Waals surface area contributed by atoms with Gasteiger partial charge in [0.2, 0.25) is 11.7 Å². The van der Waals surface area contributed by atoms with Gasteiger partial charge in [0.25, 0.3) is 0 Å². The van der Waals surface area contributed by atoms with Crippen molar-refractivity contribution in [1.82, 2.24) is 5.32 Å². The second-order valence-corrected chi connectivity index (χ2v) is 7.62. The van der Waals surface area contributed by atoms with Gasteiger partial charge in [-0.05, 0) is 41.6 Å². The summed E-state index contributed by atoms with van der Waals surface area (Å²) in [7, 11) is 4.68. The van der Waals surface area contributed by atoms with E-state index < -0.39 is 0 Å². The lowest BCUT2D eigenvalue weighted by Gasteiger charge is -2.19. The molecule has 29 heavy (non-hydrogen) atoms. The molecule has 0 fully saturated rings. The van der Waals surface area contributed by atoms with Gasteiger partial charge >= 0.3 is 0 Å². The van der Waals surface area contributed by atoms with Crippen molar-refractivity contribution in [2.45, 2.75) is 19.4 Å². The summed E-state index contributed by atoms with van der Waals surface area (Å²) in [6, 6.07) is 15.7. The highest BCUT2D eigenvalue weighted by Crippen LogP contribution is 2.38. The van der Waals surface area contributed by atoms with E-state index in [1.165, 1.54) is 5.56 Å². The van der Waals surface area contributed by atoms with Crippen molar-refractivity contribution in [2.24, 2.45) is 0 Å². The van der Waals surface area contributed by atoms with Crippen molar-refractivity contribution < 1.29 is 19.0 Å². The molecule has 0 saturated heterocycles. The van der Waals surface area contributed by atoms with Gasteiger partial charge in [-0.25, -0.2) is 0 Å². The van der Waals surface area contributed by atoms with Gasteiger partial charge in [-0.15, -0.1) is 11.3 Å². The summed E-state index contributed by atoms with van der Waals surface area (Å²) in [5, 5.41) is 5.18. The van der Waals surface area contributed by atoms with E-state index >= 15 is 0 Å². The van der Waals surface area contributed by atoms with Crippen LogP contribution in [0.4, 0.5) is 0 Å². The van der Waals surface area contributed by atoms with Crippen LogP contribution in [-0.4, -0.2) is 27.2 Å². The zero-order valence-electron chi connectivity index (χ0n) is 17.0. The van der Waals surface area contributed by atoms with Gasteiger partial charge in [-0.2, -0.15) is 0 Å². The van der Waals surface area contributed by atoms with Crippen LogP contribution < -0.4 is 19.5 Å². The van der Waals surface area contributed by atoms with Gasteiger partial charge in [0.15, 0.2) is 11.5 Å². The number of nitrogens with one attached hydrogen (secondary N) is 1. The summed E-state index contributed by atoms with van der Waals surface area (Å²) in [6.07, 6.45) is 0.199. The molecule has 0 aliphatic rings. The number of hydrogen-bond acceptors (Lipinski definition) is 5. The fourth-order valence-electron chi connectivity index (χ4n) is 3.17. The van der Waals surface area contributed by atoms with E-state index in [9.17, 15) is 4.79 Å². The molecule has 152 valence electrons. The summed E-state index contributed by atoms with van der Waals surface area (Å²) >= 11 is 1.62. The van der Waals surface area contributed by atoms with Gasteiger partial charge in [-0.3, -0.25) is 4.79 Å². The van der Waals surface area contributed by atoms with E-state index in [-0.39, 0.29) is 18.4 Å². The van der Waals surface area contributed by atoms with Crippen LogP contribution in [0.25, 0.3) is 0 Å². The first-order chi connectivity index (χ1) is 14.0. The molecule has 6 heteroatoms. The van der Waals surface area contributed by atoms with Gasteiger partial charge in [0, 0.05) is 4.88 Å². The molecule has 5 nitrogen and oxygen atoms in total. The predicted molar refractivity (Wildman–Crippen MR) is 115 cm³/mol.